The molecule has 0 aliphatic rings. The molecule has 0 unspecified atom stereocenters. The summed E-state index contributed by atoms with van der Waals surface area (Å²) in [5.41, 5.74) is 1.14. The maximum absolute atomic E-state index is 4.39. The smallest absolute Gasteiger partial charge is 0.225 e. The van der Waals surface area contributed by atoms with E-state index in [-0.39, 0.29) is 0 Å². The highest BCUT2D eigenvalue weighted by Gasteiger charge is 2.04. The number of aromatic nitrogens is 2. The number of hydrogen-bond acceptors (Lipinski definition) is 4. The van der Waals surface area contributed by atoms with Crippen molar-refractivity contribution in [2.24, 2.45) is 5.92 Å². The maximum Gasteiger partial charge on any atom is 0.225 e. The number of hydrogen-bond donors (Lipinski definition) is 1. The Morgan fingerprint density at radius 3 is 2.24 bits per heavy atom. The zero-order valence-electron chi connectivity index (χ0n) is 11.4. The third-order valence-corrected chi connectivity index (χ3v) is 2.62. The molecule has 0 spiro atoms. The van der Waals surface area contributed by atoms with E-state index in [0.29, 0.717) is 5.92 Å². The van der Waals surface area contributed by atoms with Crippen molar-refractivity contribution >= 4 is 5.95 Å². The normalized spacial score (nSPS) is 10.9. The summed E-state index contributed by atoms with van der Waals surface area (Å²) in [6.07, 6.45) is 3.82. The minimum Gasteiger partial charge on any atom is -0.341 e. The molecule has 4 nitrogen and oxygen atoms in total. The van der Waals surface area contributed by atoms with Gasteiger partial charge in [0.15, 0.2) is 0 Å². The lowest BCUT2D eigenvalue weighted by Gasteiger charge is -2.18. The fourth-order valence-electron chi connectivity index (χ4n) is 1.61. The van der Waals surface area contributed by atoms with Gasteiger partial charge in [-0.05, 0) is 26.3 Å². The lowest BCUT2D eigenvalue weighted by atomic mass is 10.2. The molecule has 0 bridgehead atoms. The second-order valence-electron chi connectivity index (χ2n) is 4.59. The Kier molecular flexibility index (Phi) is 5.91. The predicted octanol–water partition coefficient (Wildman–Crippen LogP) is 2.07. The molecule has 0 saturated carbocycles. The summed E-state index contributed by atoms with van der Waals surface area (Å²) in [7, 11) is 0. The monoisotopic (exact) mass is 236 g/mol. The van der Waals surface area contributed by atoms with Crippen molar-refractivity contribution in [2.75, 3.05) is 24.5 Å². The number of anilines is 1. The topological polar surface area (TPSA) is 41.1 Å². The molecule has 0 aromatic carbocycles. The zero-order valence-corrected chi connectivity index (χ0v) is 11.4. The third kappa shape index (κ3) is 4.69. The second-order valence-corrected chi connectivity index (χ2v) is 4.59. The van der Waals surface area contributed by atoms with Crippen LogP contribution in [0.25, 0.3) is 0 Å². The summed E-state index contributed by atoms with van der Waals surface area (Å²) < 4.78 is 0. The fourth-order valence-corrected chi connectivity index (χ4v) is 1.61. The minimum absolute atomic E-state index is 0.672. The lowest BCUT2D eigenvalue weighted by Crippen LogP contribution is -2.24. The Balaban J connectivity index is 2.49. The first kappa shape index (κ1) is 13.9. The van der Waals surface area contributed by atoms with E-state index < -0.39 is 0 Å². The molecule has 1 rings (SSSR count). The van der Waals surface area contributed by atoms with Gasteiger partial charge in [0.05, 0.1) is 0 Å². The molecule has 96 valence electrons. The minimum atomic E-state index is 0.672. The Morgan fingerprint density at radius 2 is 1.76 bits per heavy atom. The summed E-state index contributed by atoms with van der Waals surface area (Å²) in [6.45, 7) is 12.4. The van der Waals surface area contributed by atoms with Crippen LogP contribution in [0.2, 0.25) is 0 Å². The molecule has 1 N–H and O–H groups in total. The first-order chi connectivity index (χ1) is 8.17. The van der Waals surface area contributed by atoms with E-state index in [0.717, 1.165) is 37.7 Å². The van der Waals surface area contributed by atoms with Gasteiger partial charge in [0, 0.05) is 37.6 Å². The quantitative estimate of drug-likeness (QED) is 0.787. The van der Waals surface area contributed by atoms with Crippen LogP contribution in [0.1, 0.15) is 33.3 Å². The molecule has 1 heterocycles. The van der Waals surface area contributed by atoms with Gasteiger partial charge >= 0.3 is 0 Å². The van der Waals surface area contributed by atoms with Gasteiger partial charge in [0.1, 0.15) is 0 Å². The van der Waals surface area contributed by atoms with Crippen molar-refractivity contribution in [3.8, 4) is 0 Å². The SMILES string of the molecule is CCN(CC)c1ncc(CNCC(C)C)cn1. The Labute approximate surface area is 104 Å². The summed E-state index contributed by atoms with van der Waals surface area (Å²) >= 11 is 0. The molecule has 0 fully saturated rings. The maximum atomic E-state index is 4.39. The van der Waals surface area contributed by atoms with Crippen molar-refractivity contribution in [3.05, 3.63) is 18.0 Å². The highest BCUT2D eigenvalue weighted by atomic mass is 15.2. The molecular weight excluding hydrogens is 212 g/mol. The molecule has 0 radical (unpaired) electrons. The molecule has 0 amide bonds. The van der Waals surface area contributed by atoms with Crippen molar-refractivity contribution < 1.29 is 0 Å². The van der Waals surface area contributed by atoms with Crippen LogP contribution in [0.5, 0.6) is 0 Å². The van der Waals surface area contributed by atoms with Gasteiger partial charge in [0.2, 0.25) is 5.95 Å². The van der Waals surface area contributed by atoms with Crippen LogP contribution in [0, 0.1) is 5.92 Å². The standard InChI is InChI=1S/C13H24N4/c1-5-17(6-2)13-15-9-12(10-16-13)8-14-7-11(3)4/h9-11,14H,5-8H2,1-4H3. The Bertz CT molecular complexity index is 304. The van der Waals surface area contributed by atoms with Gasteiger partial charge < -0.3 is 10.2 Å². The van der Waals surface area contributed by atoms with Crippen molar-refractivity contribution in [1.29, 1.82) is 0 Å². The van der Waals surface area contributed by atoms with Crippen LogP contribution in [0.4, 0.5) is 5.95 Å². The predicted molar refractivity (Wildman–Crippen MR) is 72.1 cm³/mol. The third-order valence-electron chi connectivity index (χ3n) is 2.62. The highest BCUT2D eigenvalue weighted by Crippen LogP contribution is 2.06. The lowest BCUT2D eigenvalue weighted by molar-refractivity contribution is 0.551. The highest BCUT2D eigenvalue weighted by molar-refractivity contribution is 5.29. The molecular formula is C13H24N4. The van der Waals surface area contributed by atoms with Gasteiger partial charge in [-0.1, -0.05) is 13.8 Å². The van der Waals surface area contributed by atoms with Crippen LogP contribution < -0.4 is 10.2 Å². The van der Waals surface area contributed by atoms with Gasteiger partial charge in [-0.2, -0.15) is 0 Å². The van der Waals surface area contributed by atoms with Gasteiger partial charge in [-0.3, -0.25) is 0 Å². The molecule has 0 atom stereocenters. The summed E-state index contributed by atoms with van der Waals surface area (Å²) in [5.74, 6) is 1.49. The Hall–Kier alpha value is -1.16. The second kappa shape index (κ2) is 7.22. The number of nitrogens with zero attached hydrogens (tertiary/aromatic N) is 3. The number of rotatable bonds is 7. The summed E-state index contributed by atoms with van der Waals surface area (Å²) in [4.78, 5) is 10.9. The van der Waals surface area contributed by atoms with Crippen LogP contribution in [-0.4, -0.2) is 29.6 Å². The molecule has 0 aliphatic heterocycles. The largest absolute Gasteiger partial charge is 0.341 e. The van der Waals surface area contributed by atoms with Crippen molar-refractivity contribution in [3.63, 3.8) is 0 Å². The van der Waals surface area contributed by atoms with Crippen LogP contribution >= 0.6 is 0 Å². The van der Waals surface area contributed by atoms with Crippen molar-refractivity contribution in [1.82, 2.24) is 15.3 Å². The van der Waals surface area contributed by atoms with Crippen molar-refractivity contribution in [2.45, 2.75) is 34.2 Å². The summed E-state index contributed by atoms with van der Waals surface area (Å²) in [5, 5.41) is 3.38. The Morgan fingerprint density at radius 1 is 1.18 bits per heavy atom. The first-order valence-corrected chi connectivity index (χ1v) is 6.43. The first-order valence-electron chi connectivity index (χ1n) is 6.43. The number of nitrogens with one attached hydrogen (secondary N) is 1. The molecule has 1 aromatic rings. The van der Waals surface area contributed by atoms with Crippen LogP contribution in [0.15, 0.2) is 12.4 Å². The molecule has 0 aliphatic carbocycles. The van der Waals surface area contributed by atoms with Gasteiger partial charge in [0.25, 0.3) is 0 Å². The zero-order chi connectivity index (χ0) is 12.7. The van der Waals surface area contributed by atoms with E-state index in [1.165, 1.54) is 0 Å². The van der Waals surface area contributed by atoms with E-state index in [9.17, 15) is 0 Å². The molecule has 17 heavy (non-hydrogen) atoms. The molecule has 0 saturated heterocycles. The van der Waals surface area contributed by atoms with E-state index in [1.807, 2.05) is 12.4 Å². The molecule has 1 aromatic heterocycles. The van der Waals surface area contributed by atoms with Gasteiger partial charge in [-0.15, -0.1) is 0 Å². The van der Waals surface area contributed by atoms with E-state index in [2.05, 4.69) is 47.9 Å². The summed E-state index contributed by atoms with van der Waals surface area (Å²) in [6, 6.07) is 0. The van der Waals surface area contributed by atoms with Crippen LogP contribution in [0.3, 0.4) is 0 Å². The van der Waals surface area contributed by atoms with E-state index in [1.54, 1.807) is 0 Å². The van der Waals surface area contributed by atoms with E-state index in [4.69, 9.17) is 0 Å². The molecule has 4 heteroatoms. The fraction of sp³-hybridized carbons (Fsp3) is 0.692. The average molecular weight is 236 g/mol. The average Bonchev–Trinajstić information content (AvgIpc) is 2.32. The van der Waals surface area contributed by atoms with Gasteiger partial charge in [-0.25, -0.2) is 9.97 Å². The van der Waals surface area contributed by atoms with E-state index >= 15 is 0 Å². The van der Waals surface area contributed by atoms with Crippen LogP contribution in [-0.2, 0) is 6.54 Å².